The summed E-state index contributed by atoms with van der Waals surface area (Å²) in [6.45, 7) is 0. The zero-order valence-corrected chi connectivity index (χ0v) is 7.10. The molecule has 0 aliphatic carbocycles. The van der Waals surface area contributed by atoms with Crippen LogP contribution >= 0.6 is 0 Å². The van der Waals surface area contributed by atoms with Crippen LogP contribution in [0.4, 0.5) is 0 Å². The molecule has 0 fully saturated rings. The maximum absolute atomic E-state index is 11.1. The normalized spacial score (nSPS) is 11.0. The molecular formula is C9H9NO3. The molecule has 1 aromatic rings. The van der Waals surface area contributed by atoms with Crippen LogP contribution in [0.1, 0.15) is 5.69 Å². The summed E-state index contributed by atoms with van der Waals surface area (Å²) in [6, 6.07) is 5.05. The predicted octanol–water partition coefficient (Wildman–Crippen LogP) is 1.15. The molecule has 0 amide bonds. The van der Waals surface area contributed by atoms with Crippen LogP contribution in [0.3, 0.4) is 0 Å². The highest BCUT2D eigenvalue weighted by Crippen LogP contribution is 2.11. The number of hydrogen-bond acceptors (Lipinski definition) is 4. The Hall–Kier alpha value is -1.84. The minimum atomic E-state index is -0.610. The second-order valence-corrected chi connectivity index (χ2v) is 2.25. The summed E-state index contributed by atoms with van der Waals surface area (Å²) in [7, 11) is 1.24. The molecular weight excluding hydrogens is 170 g/mol. The molecule has 0 aliphatic rings. The summed E-state index contributed by atoms with van der Waals surface area (Å²) in [5.74, 6) is -0.610. The summed E-state index contributed by atoms with van der Waals surface area (Å²) < 4.78 is 4.45. The van der Waals surface area contributed by atoms with Crippen LogP contribution < -0.4 is 0 Å². The molecule has 0 spiro atoms. The summed E-state index contributed by atoms with van der Waals surface area (Å²) in [5, 5.41) is 8.78. The number of nitrogens with zero attached hydrogens (tertiary/aromatic N) is 1. The van der Waals surface area contributed by atoms with Gasteiger partial charge in [-0.3, -0.25) is 4.98 Å². The molecule has 0 bridgehead atoms. The maximum Gasteiger partial charge on any atom is 0.343 e. The second-order valence-electron chi connectivity index (χ2n) is 2.25. The SMILES string of the molecule is COC(=O)/C(=C/O)c1ccccn1. The standard InChI is InChI=1S/C9H9NO3/c1-13-9(12)7(6-11)8-4-2-3-5-10-8/h2-6,11H,1H3/b7-6+. The van der Waals surface area contributed by atoms with Gasteiger partial charge in [0, 0.05) is 6.20 Å². The quantitative estimate of drug-likeness (QED) is 0.420. The second kappa shape index (κ2) is 4.25. The highest BCUT2D eigenvalue weighted by molar-refractivity contribution is 6.15. The highest BCUT2D eigenvalue weighted by atomic mass is 16.5. The van der Waals surface area contributed by atoms with E-state index < -0.39 is 5.97 Å². The Kier molecular flexibility index (Phi) is 3.03. The monoisotopic (exact) mass is 179 g/mol. The van der Waals surface area contributed by atoms with Crippen LogP contribution in [0.5, 0.6) is 0 Å². The Balaban J connectivity index is 3.00. The van der Waals surface area contributed by atoms with Crippen LogP contribution in [0.2, 0.25) is 0 Å². The van der Waals surface area contributed by atoms with Crippen molar-refractivity contribution < 1.29 is 14.6 Å². The molecule has 0 aromatic carbocycles. The first-order valence-electron chi connectivity index (χ1n) is 3.63. The average molecular weight is 179 g/mol. The Bertz CT molecular complexity index is 319. The molecule has 4 heteroatoms. The molecule has 4 nitrogen and oxygen atoms in total. The Morgan fingerprint density at radius 1 is 1.62 bits per heavy atom. The molecule has 1 rings (SSSR count). The van der Waals surface area contributed by atoms with Crippen LogP contribution in [0, 0.1) is 0 Å². The minimum Gasteiger partial charge on any atom is -0.515 e. The third-order valence-corrected chi connectivity index (χ3v) is 1.48. The molecule has 0 unspecified atom stereocenters. The van der Waals surface area contributed by atoms with Crippen molar-refractivity contribution in [2.45, 2.75) is 0 Å². The van der Waals surface area contributed by atoms with Crippen molar-refractivity contribution in [1.82, 2.24) is 4.98 Å². The fourth-order valence-electron chi connectivity index (χ4n) is 0.855. The van der Waals surface area contributed by atoms with Crippen LogP contribution in [0.25, 0.3) is 5.57 Å². The number of rotatable bonds is 2. The van der Waals surface area contributed by atoms with E-state index in [1.54, 1.807) is 18.2 Å². The van der Waals surface area contributed by atoms with Crippen molar-refractivity contribution in [3.05, 3.63) is 36.4 Å². The van der Waals surface area contributed by atoms with E-state index in [9.17, 15) is 4.79 Å². The largest absolute Gasteiger partial charge is 0.515 e. The fraction of sp³-hybridized carbons (Fsp3) is 0.111. The lowest BCUT2D eigenvalue weighted by Crippen LogP contribution is -2.05. The molecule has 0 saturated carbocycles. The third-order valence-electron chi connectivity index (χ3n) is 1.48. The summed E-state index contributed by atoms with van der Waals surface area (Å²) >= 11 is 0. The lowest BCUT2D eigenvalue weighted by molar-refractivity contribution is -0.133. The number of methoxy groups -OCH3 is 1. The number of carbonyl (C=O) groups excluding carboxylic acids is 1. The van der Waals surface area contributed by atoms with Gasteiger partial charge >= 0.3 is 5.97 Å². The van der Waals surface area contributed by atoms with E-state index in [1.807, 2.05) is 0 Å². The molecule has 1 aromatic heterocycles. The van der Waals surface area contributed by atoms with Crippen molar-refractivity contribution in [2.24, 2.45) is 0 Å². The van der Waals surface area contributed by atoms with Crippen LogP contribution in [0.15, 0.2) is 30.7 Å². The number of carbonyl (C=O) groups is 1. The van der Waals surface area contributed by atoms with Crippen molar-refractivity contribution in [2.75, 3.05) is 7.11 Å². The Morgan fingerprint density at radius 2 is 2.38 bits per heavy atom. The number of hydrogen-bond donors (Lipinski definition) is 1. The molecule has 0 atom stereocenters. The fourth-order valence-corrected chi connectivity index (χ4v) is 0.855. The first-order valence-corrected chi connectivity index (χ1v) is 3.63. The lowest BCUT2D eigenvalue weighted by Gasteiger charge is -2.01. The van der Waals surface area contributed by atoms with Crippen LogP contribution in [-0.2, 0) is 9.53 Å². The first-order chi connectivity index (χ1) is 6.29. The molecule has 0 aliphatic heterocycles. The van der Waals surface area contributed by atoms with Gasteiger partial charge in [0.05, 0.1) is 19.1 Å². The third kappa shape index (κ3) is 2.05. The number of pyridine rings is 1. The van der Waals surface area contributed by atoms with E-state index in [0.717, 1.165) is 0 Å². The summed E-state index contributed by atoms with van der Waals surface area (Å²) in [6.07, 6.45) is 2.22. The van der Waals surface area contributed by atoms with E-state index in [4.69, 9.17) is 5.11 Å². The Labute approximate surface area is 75.5 Å². The van der Waals surface area contributed by atoms with E-state index in [1.165, 1.54) is 13.3 Å². The van der Waals surface area contributed by atoms with E-state index in [0.29, 0.717) is 12.0 Å². The van der Waals surface area contributed by atoms with Crippen molar-refractivity contribution in [3.8, 4) is 0 Å². The van der Waals surface area contributed by atoms with Crippen molar-refractivity contribution in [3.63, 3.8) is 0 Å². The number of aliphatic hydroxyl groups is 1. The van der Waals surface area contributed by atoms with Crippen LogP contribution in [-0.4, -0.2) is 23.2 Å². The first kappa shape index (κ1) is 9.25. The average Bonchev–Trinajstić information content (AvgIpc) is 2.20. The van der Waals surface area contributed by atoms with Crippen molar-refractivity contribution >= 4 is 11.5 Å². The van der Waals surface area contributed by atoms with E-state index in [2.05, 4.69) is 9.72 Å². The minimum absolute atomic E-state index is 0.0445. The van der Waals surface area contributed by atoms with Gasteiger partial charge in [0.2, 0.25) is 0 Å². The number of aliphatic hydroxyl groups excluding tert-OH is 1. The number of ether oxygens (including phenoxy) is 1. The zero-order valence-electron chi connectivity index (χ0n) is 7.10. The summed E-state index contributed by atoms with van der Waals surface area (Å²) in [4.78, 5) is 14.9. The molecule has 68 valence electrons. The van der Waals surface area contributed by atoms with Gasteiger partial charge in [-0.05, 0) is 12.1 Å². The van der Waals surface area contributed by atoms with Gasteiger partial charge in [-0.1, -0.05) is 6.07 Å². The smallest absolute Gasteiger partial charge is 0.343 e. The van der Waals surface area contributed by atoms with Crippen molar-refractivity contribution in [1.29, 1.82) is 0 Å². The van der Waals surface area contributed by atoms with Gasteiger partial charge < -0.3 is 9.84 Å². The molecule has 0 saturated heterocycles. The maximum atomic E-state index is 11.1. The van der Waals surface area contributed by atoms with Gasteiger partial charge in [-0.2, -0.15) is 0 Å². The van der Waals surface area contributed by atoms with Gasteiger partial charge in [-0.15, -0.1) is 0 Å². The molecule has 1 heterocycles. The Morgan fingerprint density at radius 3 is 2.85 bits per heavy atom. The van der Waals surface area contributed by atoms with Gasteiger partial charge in [0.25, 0.3) is 0 Å². The van der Waals surface area contributed by atoms with Gasteiger partial charge in [-0.25, -0.2) is 4.79 Å². The molecule has 13 heavy (non-hydrogen) atoms. The highest BCUT2D eigenvalue weighted by Gasteiger charge is 2.12. The van der Waals surface area contributed by atoms with E-state index in [-0.39, 0.29) is 5.57 Å². The van der Waals surface area contributed by atoms with Gasteiger partial charge in [0.15, 0.2) is 0 Å². The molecule has 0 radical (unpaired) electrons. The number of esters is 1. The zero-order chi connectivity index (χ0) is 9.68. The molecule has 1 N–H and O–H groups in total. The van der Waals surface area contributed by atoms with E-state index >= 15 is 0 Å². The predicted molar refractivity (Wildman–Crippen MR) is 46.9 cm³/mol. The topological polar surface area (TPSA) is 59.4 Å². The summed E-state index contributed by atoms with van der Waals surface area (Å²) in [5.41, 5.74) is 0.431. The lowest BCUT2D eigenvalue weighted by atomic mass is 10.2. The number of aromatic nitrogens is 1. The van der Waals surface area contributed by atoms with Gasteiger partial charge in [0.1, 0.15) is 5.57 Å².